The Morgan fingerprint density at radius 1 is 1.36 bits per heavy atom. The fraction of sp³-hybridized carbons (Fsp3) is 0.800. The minimum atomic E-state index is 0.287. The van der Waals surface area contributed by atoms with Crippen LogP contribution in [0.25, 0.3) is 0 Å². The van der Waals surface area contributed by atoms with Gasteiger partial charge in [-0.25, -0.2) is 0 Å². The van der Waals surface area contributed by atoms with Gasteiger partial charge in [0.1, 0.15) is 12.2 Å². The molecule has 1 aromatic rings. The summed E-state index contributed by atoms with van der Waals surface area (Å²) in [4.78, 5) is 2.46. The third kappa shape index (κ3) is 1.54. The van der Waals surface area contributed by atoms with Crippen LogP contribution in [0.15, 0.2) is 6.33 Å². The van der Waals surface area contributed by atoms with E-state index in [0.29, 0.717) is 5.92 Å². The second kappa shape index (κ2) is 3.05. The number of likely N-dealkylation sites (tertiary alicyclic amines) is 1. The highest BCUT2D eigenvalue weighted by Crippen LogP contribution is 2.30. The van der Waals surface area contributed by atoms with Crippen LogP contribution < -0.4 is 0 Å². The molecule has 4 nitrogen and oxygen atoms in total. The molecule has 1 saturated heterocycles. The van der Waals surface area contributed by atoms with Gasteiger partial charge in [-0.3, -0.25) is 4.90 Å². The van der Waals surface area contributed by atoms with Crippen LogP contribution in [0.1, 0.15) is 32.5 Å². The Kier molecular flexibility index (Phi) is 2.10. The highest BCUT2D eigenvalue weighted by atomic mass is 15.3. The van der Waals surface area contributed by atoms with Gasteiger partial charge in [-0.2, -0.15) is 0 Å². The summed E-state index contributed by atoms with van der Waals surface area (Å²) in [5, 5.41) is 8.05. The van der Waals surface area contributed by atoms with E-state index in [2.05, 4.69) is 35.9 Å². The van der Waals surface area contributed by atoms with E-state index in [1.54, 1.807) is 6.33 Å². The van der Waals surface area contributed by atoms with E-state index in [1.165, 1.54) is 0 Å². The van der Waals surface area contributed by atoms with Crippen molar-refractivity contribution in [3.8, 4) is 0 Å². The maximum absolute atomic E-state index is 4.14. The van der Waals surface area contributed by atoms with E-state index in [-0.39, 0.29) is 5.54 Å². The maximum Gasteiger partial charge on any atom is 0.138 e. The predicted octanol–water partition coefficient (Wildman–Crippen LogP) is 1.01. The fourth-order valence-corrected chi connectivity index (χ4v) is 1.85. The third-order valence-electron chi connectivity index (χ3n) is 2.94. The van der Waals surface area contributed by atoms with Crippen LogP contribution in [0.3, 0.4) is 0 Å². The summed E-state index contributed by atoms with van der Waals surface area (Å²) < 4.78 is 2.02. The molecule has 0 saturated carbocycles. The normalized spacial score (nSPS) is 19.7. The number of nitrogens with zero attached hydrogens (tertiary/aromatic N) is 4. The first-order valence-corrected chi connectivity index (χ1v) is 5.07. The average molecular weight is 194 g/mol. The molecule has 1 aliphatic rings. The molecule has 2 rings (SSSR count). The molecule has 78 valence electrons. The van der Waals surface area contributed by atoms with Gasteiger partial charge in [0.2, 0.25) is 0 Å². The van der Waals surface area contributed by atoms with E-state index in [4.69, 9.17) is 0 Å². The first-order valence-electron chi connectivity index (χ1n) is 5.07. The molecule has 1 fully saturated rings. The van der Waals surface area contributed by atoms with Crippen molar-refractivity contribution < 1.29 is 0 Å². The molecule has 0 spiro atoms. The molecule has 0 amide bonds. The highest BCUT2D eigenvalue weighted by Gasteiger charge is 2.37. The van der Waals surface area contributed by atoms with Crippen LogP contribution in [0.4, 0.5) is 0 Å². The van der Waals surface area contributed by atoms with E-state index >= 15 is 0 Å². The zero-order valence-electron chi connectivity index (χ0n) is 9.36. The average Bonchev–Trinajstić information content (AvgIpc) is 2.30. The lowest BCUT2D eigenvalue weighted by atomic mass is 9.92. The molecular formula is C10H18N4. The van der Waals surface area contributed by atoms with Gasteiger partial charge < -0.3 is 4.57 Å². The van der Waals surface area contributed by atoms with E-state index < -0.39 is 0 Å². The van der Waals surface area contributed by atoms with Gasteiger partial charge in [-0.05, 0) is 20.8 Å². The summed E-state index contributed by atoms with van der Waals surface area (Å²) in [5.41, 5.74) is 0.287. The van der Waals surface area contributed by atoms with Crippen molar-refractivity contribution in [1.82, 2.24) is 19.7 Å². The van der Waals surface area contributed by atoms with Crippen molar-refractivity contribution in [2.75, 3.05) is 13.1 Å². The summed E-state index contributed by atoms with van der Waals surface area (Å²) in [6, 6.07) is 0. The predicted molar refractivity (Wildman–Crippen MR) is 55.1 cm³/mol. The molecule has 0 atom stereocenters. The van der Waals surface area contributed by atoms with Crippen molar-refractivity contribution in [2.45, 2.75) is 32.2 Å². The van der Waals surface area contributed by atoms with Crippen LogP contribution in [-0.2, 0) is 7.05 Å². The zero-order valence-corrected chi connectivity index (χ0v) is 9.36. The van der Waals surface area contributed by atoms with E-state index in [1.807, 2.05) is 11.6 Å². The summed E-state index contributed by atoms with van der Waals surface area (Å²) in [6.45, 7) is 8.96. The lowest BCUT2D eigenvalue weighted by Gasteiger charge is -2.47. The smallest absolute Gasteiger partial charge is 0.138 e. The Morgan fingerprint density at radius 3 is 2.43 bits per heavy atom. The van der Waals surface area contributed by atoms with Crippen molar-refractivity contribution in [3.63, 3.8) is 0 Å². The van der Waals surface area contributed by atoms with Gasteiger partial charge >= 0.3 is 0 Å². The molecule has 0 aliphatic carbocycles. The molecule has 0 N–H and O–H groups in total. The molecule has 0 radical (unpaired) electrons. The first kappa shape index (κ1) is 9.65. The largest absolute Gasteiger partial charge is 0.320 e. The van der Waals surface area contributed by atoms with Crippen molar-refractivity contribution >= 4 is 0 Å². The monoisotopic (exact) mass is 194 g/mol. The second-order valence-electron chi connectivity index (χ2n) is 5.07. The second-order valence-corrected chi connectivity index (χ2v) is 5.07. The summed E-state index contributed by atoms with van der Waals surface area (Å²) in [7, 11) is 2.01. The number of rotatable bonds is 1. The van der Waals surface area contributed by atoms with Crippen LogP contribution in [0.2, 0.25) is 0 Å². The molecule has 0 unspecified atom stereocenters. The van der Waals surface area contributed by atoms with Crippen molar-refractivity contribution in [2.24, 2.45) is 7.05 Å². The summed E-state index contributed by atoms with van der Waals surface area (Å²) >= 11 is 0. The number of aromatic nitrogens is 3. The Labute approximate surface area is 84.9 Å². The fourth-order valence-electron chi connectivity index (χ4n) is 1.85. The molecule has 2 heterocycles. The third-order valence-corrected chi connectivity index (χ3v) is 2.94. The lowest BCUT2D eigenvalue weighted by Crippen LogP contribution is -2.55. The van der Waals surface area contributed by atoms with Crippen LogP contribution in [-0.4, -0.2) is 38.3 Å². The number of hydrogen-bond donors (Lipinski definition) is 0. The van der Waals surface area contributed by atoms with E-state index in [0.717, 1.165) is 18.9 Å². The van der Waals surface area contributed by atoms with Gasteiger partial charge in [0, 0.05) is 31.6 Å². The Morgan fingerprint density at radius 2 is 2.00 bits per heavy atom. The molecule has 4 heteroatoms. The van der Waals surface area contributed by atoms with Gasteiger partial charge in [0.15, 0.2) is 0 Å². The number of hydrogen-bond acceptors (Lipinski definition) is 3. The van der Waals surface area contributed by atoms with Gasteiger partial charge in [0.05, 0.1) is 0 Å². The Balaban J connectivity index is 1.99. The molecule has 0 bridgehead atoms. The van der Waals surface area contributed by atoms with Gasteiger partial charge in [-0.1, -0.05) is 0 Å². The quantitative estimate of drug-likeness (QED) is 0.669. The first-order chi connectivity index (χ1) is 6.48. The highest BCUT2D eigenvalue weighted by molar-refractivity contribution is 5.06. The minimum Gasteiger partial charge on any atom is -0.320 e. The summed E-state index contributed by atoms with van der Waals surface area (Å²) in [6.07, 6.45) is 1.77. The molecule has 1 aliphatic heterocycles. The Bertz CT molecular complexity index is 317. The molecule has 1 aromatic heterocycles. The minimum absolute atomic E-state index is 0.287. The standard InChI is InChI=1S/C10H18N4/c1-10(2,3)14-5-8(6-14)9-12-11-7-13(9)4/h7-8H,5-6H2,1-4H3. The summed E-state index contributed by atoms with van der Waals surface area (Å²) in [5.74, 6) is 1.69. The van der Waals surface area contributed by atoms with Crippen molar-refractivity contribution in [1.29, 1.82) is 0 Å². The van der Waals surface area contributed by atoms with Gasteiger partial charge in [-0.15, -0.1) is 10.2 Å². The molecular weight excluding hydrogens is 176 g/mol. The SMILES string of the molecule is Cn1cnnc1C1CN(C(C)(C)C)C1. The van der Waals surface area contributed by atoms with Gasteiger partial charge in [0.25, 0.3) is 0 Å². The van der Waals surface area contributed by atoms with Crippen LogP contribution >= 0.6 is 0 Å². The topological polar surface area (TPSA) is 34.0 Å². The number of aryl methyl sites for hydroxylation is 1. The van der Waals surface area contributed by atoms with E-state index in [9.17, 15) is 0 Å². The van der Waals surface area contributed by atoms with Crippen LogP contribution in [0, 0.1) is 0 Å². The zero-order chi connectivity index (χ0) is 10.3. The van der Waals surface area contributed by atoms with Crippen LogP contribution in [0.5, 0.6) is 0 Å². The van der Waals surface area contributed by atoms with Crippen molar-refractivity contribution in [3.05, 3.63) is 12.2 Å². The molecule has 0 aromatic carbocycles. The maximum atomic E-state index is 4.14. The lowest BCUT2D eigenvalue weighted by molar-refractivity contribution is 0.0430. The Hall–Kier alpha value is -0.900. The molecule has 14 heavy (non-hydrogen) atoms.